The first-order valence-corrected chi connectivity index (χ1v) is 8.96. The van der Waals surface area contributed by atoms with Crippen molar-refractivity contribution in [2.75, 3.05) is 13.7 Å². The number of hydrogen-bond donors (Lipinski definition) is 2. The van der Waals surface area contributed by atoms with Gasteiger partial charge in [-0.25, -0.2) is 4.79 Å². The molecule has 0 radical (unpaired) electrons. The Morgan fingerprint density at radius 1 is 1.23 bits per heavy atom. The molecule has 1 aromatic carbocycles. The zero-order chi connectivity index (χ0) is 19.9. The number of benzene rings is 1. The Morgan fingerprint density at radius 3 is 2.42 bits per heavy atom. The summed E-state index contributed by atoms with van der Waals surface area (Å²) in [4.78, 5) is 35.4. The van der Waals surface area contributed by atoms with Crippen LogP contribution in [0.2, 0.25) is 5.02 Å². The van der Waals surface area contributed by atoms with Crippen LogP contribution in [0.25, 0.3) is 0 Å². The van der Waals surface area contributed by atoms with E-state index in [1.807, 2.05) is 0 Å². The molecular formula is C17H22BrClN2O5. The van der Waals surface area contributed by atoms with Crippen molar-refractivity contribution in [1.82, 2.24) is 10.6 Å². The first kappa shape index (κ1) is 22.2. The van der Waals surface area contributed by atoms with Crippen LogP contribution in [0.3, 0.4) is 0 Å². The summed E-state index contributed by atoms with van der Waals surface area (Å²) < 4.78 is 10.4. The Balaban J connectivity index is 2.77. The number of alkyl carbamates (subject to hydrolysis) is 1. The summed E-state index contributed by atoms with van der Waals surface area (Å²) >= 11 is 9.35. The van der Waals surface area contributed by atoms with E-state index in [2.05, 4.69) is 31.3 Å². The van der Waals surface area contributed by atoms with Gasteiger partial charge in [0.15, 0.2) is 0 Å². The lowest BCUT2D eigenvalue weighted by molar-refractivity contribution is -0.141. The van der Waals surface area contributed by atoms with Crippen LogP contribution in [0, 0.1) is 0 Å². The molecule has 26 heavy (non-hydrogen) atoms. The molecule has 0 spiro atoms. The number of methoxy groups -OCH3 is 1. The highest BCUT2D eigenvalue weighted by Gasteiger charge is 2.21. The van der Waals surface area contributed by atoms with Gasteiger partial charge in [0.25, 0.3) is 0 Å². The summed E-state index contributed by atoms with van der Waals surface area (Å²) in [5.41, 5.74) is -0.0403. The van der Waals surface area contributed by atoms with Crippen LogP contribution < -0.4 is 10.6 Å². The summed E-state index contributed by atoms with van der Waals surface area (Å²) in [5.74, 6) is -0.979. The molecule has 1 rings (SSSR count). The van der Waals surface area contributed by atoms with E-state index in [0.29, 0.717) is 15.1 Å². The minimum atomic E-state index is -0.706. The maximum absolute atomic E-state index is 12.2. The van der Waals surface area contributed by atoms with Gasteiger partial charge >= 0.3 is 12.1 Å². The number of nitrogens with one attached hydrogen (secondary N) is 2. The molecule has 0 aromatic heterocycles. The predicted octanol–water partition coefficient (Wildman–Crippen LogP) is 3.35. The second kappa shape index (κ2) is 9.78. The van der Waals surface area contributed by atoms with E-state index in [9.17, 15) is 14.4 Å². The normalized spacial score (nSPS) is 12.1. The number of ether oxygens (including phenoxy) is 2. The summed E-state index contributed by atoms with van der Waals surface area (Å²) in [6.07, 6.45) is -0.788. The maximum atomic E-state index is 12.2. The zero-order valence-electron chi connectivity index (χ0n) is 15.0. The highest BCUT2D eigenvalue weighted by atomic mass is 79.9. The van der Waals surface area contributed by atoms with Crippen molar-refractivity contribution < 1.29 is 23.9 Å². The minimum absolute atomic E-state index is 0.0819. The van der Waals surface area contributed by atoms with Crippen LogP contribution in [0.5, 0.6) is 0 Å². The number of hydrogen-bond acceptors (Lipinski definition) is 5. The number of amides is 2. The fourth-order valence-corrected chi connectivity index (χ4v) is 2.88. The van der Waals surface area contributed by atoms with Gasteiger partial charge in [-0.2, -0.15) is 0 Å². The molecule has 0 saturated carbocycles. The molecule has 1 atom stereocenters. The highest BCUT2D eigenvalue weighted by Crippen LogP contribution is 2.26. The topological polar surface area (TPSA) is 93.7 Å². The van der Waals surface area contributed by atoms with Crippen molar-refractivity contribution >= 4 is 45.5 Å². The van der Waals surface area contributed by atoms with Gasteiger partial charge in [0, 0.05) is 9.50 Å². The smallest absolute Gasteiger partial charge is 0.408 e. The van der Waals surface area contributed by atoms with Gasteiger partial charge in [-0.05, 0) is 44.5 Å². The van der Waals surface area contributed by atoms with Crippen molar-refractivity contribution in [3.8, 4) is 0 Å². The Bertz CT molecular complexity index is 655. The standard InChI is InChI=1S/C17H22BrClN2O5/c1-17(2,3)26-16(24)20-9-14(22)21-13(8-15(23)25-4)10-5-11(18)7-12(19)6-10/h5-7,13H,8-9H2,1-4H3,(H,20,24)(H,21,22)/t13-/m0/s1. The van der Waals surface area contributed by atoms with Gasteiger partial charge in [-0.1, -0.05) is 27.5 Å². The molecule has 0 unspecified atom stereocenters. The van der Waals surface area contributed by atoms with Crippen LogP contribution >= 0.6 is 27.5 Å². The van der Waals surface area contributed by atoms with Crippen molar-refractivity contribution in [2.24, 2.45) is 0 Å². The van der Waals surface area contributed by atoms with Crippen molar-refractivity contribution in [3.05, 3.63) is 33.3 Å². The molecule has 0 aliphatic heterocycles. The van der Waals surface area contributed by atoms with Crippen molar-refractivity contribution in [3.63, 3.8) is 0 Å². The Labute approximate surface area is 165 Å². The first-order valence-electron chi connectivity index (χ1n) is 7.79. The SMILES string of the molecule is COC(=O)C[C@H](NC(=O)CNC(=O)OC(C)(C)C)c1cc(Cl)cc(Br)c1. The molecular weight excluding hydrogens is 428 g/mol. The average Bonchev–Trinajstić information content (AvgIpc) is 2.49. The lowest BCUT2D eigenvalue weighted by atomic mass is 10.0. The van der Waals surface area contributed by atoms with Crippen LogP contribution in [-0.4, -0.2) is 37.2 Å². The van der Waals surface area contributed by atoms with Gasteiger partial charge in [0.2, 0.25) is 5.91 Å². The third-order valence-corrected chi connectivity index (χ3v) is 3.69. The Hall–Kier alpha value is -1.80. The molecule has 2 N–H and O–H groups in total. The highest BCUT2D eigenvalue weighted by molar-refractivity contribution is 9.10. The second-order valence-corrected chi connectivity index (χ2v) is 7.81. The molecule has 7 nitrogen and oxygen atoms in total. The van der Waals surface area contributed by atoms with E-state index in [1.54, 1.807) is 39.0 Å². The van der Waals surface area contributed by atoms with Gasteiger partial charge in [0.05, 0.1) is 19.6 Å². The summed E-state index contributed by atoms with van der Waals surface area (Å²) in [7, 11) is 1.26. The molecule has 0 fully saturated rings. The van der Waals surface area contributed by atoms with Crippen LogP contribution in [0.4, 0.5) is 4.79 Å². The minimum Gasteiger partial charge on any atom is -0.469 e. The fraction of sp³-hybridized carbons (Fsp3) is 0.471. The Kier molecular flexibility index (Phi) is 8.36. The van der Waals surface area contributed by atoms with Crippen molar-refractivity contribution in [1.29, 1.82) is 0 Å². The molecule has 144 valence electrons. The predicted molar refractivity (Wildman–Crippen MR) is 101 cm³/mol. The van der Waals surface area contributed by atoms with E-state index in [1.165, 1.54) is 7.11 Å². The van der Waals surface area contributed by atoms with Crippen molar-refractivity contribution in [2.45, 2.75) is 38.8 Å². The average molecular weight is 450 g/mol. The third kappa shape index (κ3) is 8.53. The van der Waals surface area contributed by atoms with E-state index in [4.69, 9.17) is 16.3 Å². The number of halogens is 2. The lowest BCUT2D eigenvalue weighted by Crippen LogP contribution is -2.41. The maximum Gasteiger partial charge on any atom is 0.408 e. The fourth-order valence-electron chi connectivity index (χ4n) is 1.99. The number of esters is 1. The number of carbonyl (C=O) groups excluding carboxylic acids is 3. The molecule has 0 heterocycles. The molecule has 0 aliphatic carbocycles. The summed E-state index contributed by atoms with van der Waals surface area (Å²) in [5, 5.41) is 5.49. The third-order valence-electron chi connectivity index (χ3n) is 3.01. The van der Waals surface area contributed by atoms with E-state index < -0.39 is 29.6 Å². The van der Waals surface area contributed by atoms with E-state index in [-0.39, 0.29) is 13.0 Å². The second-order valence-electron chi connectivity index (χ2n) is 6.46. The first-order chi connectivity index (χ1) is 12.0. The molecule has 1 aromatic rings. The summed E-state index contributed by atoms with van der Waals surface area (Å²) in [6, 6.07) is 4.40. The van der Waals surface area contributed by atoms with E-state index >= 15 is 0 Å². The monoisotopic (exact) mass is 448 g/mol. The molecule has 0 bridgehead atoms. The van der Waals surface area contributed by atoms with Gasteiger partial charge in [0.1, 0.15) is 12.1 Å². The van der Waals surface area contributed by atoms with Crippen LogP contribution in [-0.2, 0) is 19.1 Å². The van der Waals surface area contributed by atoms with E-state index in [0.717, 1.165) is 0 Å². The zero-order valence-corrected chi connectivity index (χ0v) is 17.4. The number of rotatable bonds is 6. The quantitative estimate of drug-likeness (QED) is 0.650. The van der Waals surface area contributed by atoms with Crippen LogP contribution in [0.1, 0.15) is 38.8 Å². The van der Waals surface area contributed by atoms with Gasteiger partial charge in [-0.3, -0.25) is 9.59 Å². The molecule has 0 aliphatic rings. The molecule has 0 saturated heterocycles. The summed E-state index contributed by atoms with van der Waals surface area (Å²) in [6.45, 7) is 4.86. The largest absolute Gasteiger partial charge is 0.469 e. The lowest BCUT2D eigenvalue weighted by Gasteiger charge is -2.21. The van der Waals surface area contributed by atoms with Gasteiger partial charge < -0.3 is 20.1 Å². The van der Waals surface area contributed by atoms with Crippen LogP contribution in [0.15, 0.2) is 22.7 Å². The number of carbonyl (C=O) groups is 3. The molecule has 9 heteroatoms. The Morgan fingerprint density at radius 2 is 1.88 bits per heavy atom. The molecule has 2 amide bonds. The van der Waals surface area contributed by atoms with Gasteiger partial charge in [-0.15, -0.1) is 0 Å².